The smallest absolute Gasteiger partial charge is 0.256 e. The predicted molar refractivity (Wildman–Crippen MR) is 84.9 cm³/mol. The molecule has 21 heavy (non-hydrogen) atoms. The van der Waals surface area contributed by atoms with Crippen LogP contribution in [0.5, 0.6) is 0 Å². The van der Waals surface area contributed by atoms with Gasteiger partial charge in [-0.3, -0.25) is 9.59 Å². The SMILES string of the molecule is O=C(Nc1cccc(N2CCCCC2=O)c1)c1ccsc1. The van der Waals surface area contributed by atoms with Crippen LogP contribution >= 0.6 is 11.3 Å². The fourth-order valence-electron chi connectivity index (χ4n) is 2.43. The Hall–Kier alpha value is -2.14. The number of carbonyl (C=O) groups is 2. The van der Waals surface area contributed by atoms with E-state index in [1.54, 1.807) is 11.0 Å². The highest BCUT2D eigenvalue weighted by atomic mass is 32.1. The first-order valence-electron chi connectivity index (χ1n) is 6.98. The lowest BCUT2D eigenvalue weighted by molar-refractivity contribution is -0.119. The van der Waals surface area contributed by atoms with Crippen molar-refractivity contribution in [1.82, 2.24) is 0 Å². The lowest BCUT2D eigenvalue weighted by Gasteiger charge is -2.27. The van der Waals surface area contributed by atoms with Crippen LogP contribution in [0.4, 0.5) is 11.4 Å². The Labute approximate surface area is 127 Å². The van der Waals surface area contributed by atoms with Crippen LogP contribution in [0.2, 0.25) is 0 Å². The molecule has 1 saturated heterocycles. The van der Waals surface area contributed by atoms with E-state index < -0.39 is 0 Å². The van der Waals surface area contributed by atoms with E-state index in [1.807, 2.05) is 35.0 Å². The van der Waals surface area contributed by atoms with Gasteiger partial charge in [-0.1, -0.05) is 6.07 Å². The lowest BCUT2D eigenvalue weighted by atomic mass is 10.1. The van der Waals surface area contributed by atoms with E-state index in [0.29, 0.717) is 17.7 Å². The second kappa shape index (κ2) is 6.10. The molecule has 1 aromatic carbocycles. The molecular weight excluding hydrogens is 284 g/mol. The van der Waals surface area contributed by atoms with E-state index in [2.05, 4.69) is 5.32 Å². The zero-order chi connectivity index (χ0) is 14.7. The van der Waals surface area contributed by atoms with Gasteiger partial charge in [0.25, 0.3) is 5.91 Å². The van der Waals surface area contributed by atoms with Crippen molar-refractivity contribution < 1.29 is 9.59 Å². The number of piperidine rings is 1. The Bertz CT molecular complexity index is 652. The number of benzene rings is 1. The number of thiophene rings is 1. The molecule has 3 rings (SSSR count). The summed E-state index contributed by atoms with van der Waals surface area (Å²) < 4.78 is 0. The zero-order valence-corrected chi connectivity index (χ0v) is 12.4. The fraction of sp³-hybridized carbons (Fsp3) is 0.250. The van der Waals surface area contributed by atoms with Crippen molar-refractivity contribution in [3.05, 3.63) is 46.7 Å². The quantitative estimate of drug-likeness (QED) is 0.943. The predicted octanol–water partition coefficient (Wildman–Crippen LogP) is 3.52. The molecule has 0 radical (unpaired) electrons. The number of hydrogen-bond acceptors (Lipinski definition) is 3. The van der Waals surface area contributed by atoms with E-state index in [0.717, 1.165) is 25.1 Å². The highest BCUT2D eigenvalue weighted by Crippen LogP contribution is 2.24. The fourth-order valence-corrected chi connectivity index (χ4v) is 3.06. The molecule has 1 aliphatic heterocycles. The average molecular weight is 300 g/mol. The van der Waals surface area contributed by atoms with Crippen LogP contribution in [0.1, 0.15) is 29.6 Å². The molecule has 0 atom stereocenters. The Balaban J connectivity index is 1.77. The van der Waals surface area contributed by atoms with Crippen LogP contribution in [0.15, 0.2) is 41.1 Å². The van der Waals surface area contributed by atoms with E-state index >= 15 is 0 Å². The summed E-state index contributed by atoms with van der Waals surface area (Å²) in [6.07, 6.45) is 2.59. The van der Waals surface area contributed by atoms with Gasteiger partial charge < -0.3 is 10.2 Å². The topological polar surface area (TPSA) is 49.4 Å². The number of nitrogens with zero attached hydrogens (tertiary/aromatic N) is 1. The molecule has 0 unspecified atom stereocenters. The third-order valence-corrected chi connectivity index (χ3v) is 4.21. The van der Waals surface area contributed by atoms with Crippen molar-refractivity contribution in [3.8, 4) is 0 Å². The minimum atomic E-state index is -0.127. The average Bonchev–Trinajstić information content (AvgIpc) is 3.02. The second-order valence-corrected chi connectivity index (χ2v) is 5.80. The number of carbonyl (C=O) groups excluding carboxylic acids is 2. The summed E-state index contributed by atoms with van der Waals surface area (Å²) >= 11 is 1.49. The minimum absolute atomic E-state index is 0.127. The molecule has 0 saturated carbocycles. The van der Waals surface area contributed by atoms with Crippen LogP contribution in [-0.4, -0.2) is 18.4 Å². The first-order valence-corrected chi connectivity index (χ1v) is 7.92. The summed E-state index contributed by atoms with van der Waals surface area (Å²) in [6.45, 7) is 0.751. The number of anilines is 2. The molecule has 4 nitrogen and oxygen atoms in total. The third kappa shape index (κ3) is 3.13. The van der Waals surface area contributed by atoms with E-state index in [4.69, 9.17) is 0 Å². The van der Waals surface area contributed by atoms with Crippen LogP contribution in [-0.2, 0) is 4.79 Å². The Kier molecular flexibility index (Phi) is 4.01. The normalized spacial score (nSPS) is 15.0. The molecule has 1 aliphatic rings. The maximum Gasteiger partial charge on any atom is 0.256 e. The first kappa shape index (κ1) is 13.8. The number of rotatable bonds is 3. The van der Waals surface area contributed by atoms with Gasteiger partial charge in [-0.05, 0) is 42.5 Å². The van der Waals surface area contributed by atoms with Crippen molar-refractivity contribution >= 4 is 34.5 Å². The van der Waals surface area contributed by atoms with Crippen molar-refractivity contribution in [1.29, 1.82) is 0 Å². The largest absolute Gasteiger partial charge is 0.322 e. The third-order valence-electron chi connectivity index (χ3n) is 3.52. The van der Waals surface area contributed by atoms with Crippen molar-refractivity contribution in [2.45, 2.75) is 19.3 Å². The monoisotopic (exact) mass is 300 g/mol. The highest BCUT2D eigenvalue weighted by Gasteiger charge is 2.19. The molecule has 2 amide bonds. The Morgan fingerprint density at radius 2 is 2.14 bits per heavy atom. The molecule has 2 heterocycles. The summed E-state index contributed by atoms with van der Waals surface area (Å²) in [7, 11) is 0. The van der Waals surface area contributed by atoms with Crippen LogP contribution in [0.25, 0.3) is 0 Å². The van der Waals surface area contributed by atoms with Gasteiger partial charge in [-0.15, -0.1) is 0 Å². The molecule has 1 fully saturated rings. The summed E-state index contributed by atoms with van der Waals surface area (Å²) in [5, 5.41) is 6.55. The molecule has 0 aliphatic carbocycles. The Morgan fingerprint density at radius 3 is 2.90 bits per heavy atom. The molecule has 5 heteroatoms. The highest BCUT2D eigenvalue weighted by molar-refractivity contribution is 7.08. The van der Waals surface area contributed by atoms with Gasteiger partial charge >= 0.3 is 0 Å². The van der Waals surface area contributed by atoms with Crippen LogP contribution in [0, 0.1) is 0 Å². The molecule has 0 spiro atoms. The lowest BCUT2D eigenvalue weighted by Crippen LogP contribution is -2.35. The number of amides is 2. The van der Waals surface area contributed by atoms with E-state index in [-0.39, 0.29) is 11.8 Å². The summed E-state index contributed by atoms with van der Waals surface area (Å²) in [6, 6.07) is 9.25. The van der Waals surface area contributed by atoms with Crippen molar-refractivity contribution in [3.63, 3.8) is 0 Å². The standard InChI is InChI=1S/C16H16N2O2S/c19-15-6-1-2-8-18(15)14-5-3-4-13(10-14)17-16(20)12-7-9-21-11-12/h3-5,7,9-11H,1-2,6,8H2,(H,17,20). The van der Waals surface area contributed by atoms with E-state index in [1.165, 1.54) is 11.3 Å². The molecule has 2 aromatic rings. The van der Waals surface area contributed by atoms with Gasteiger partial charge in [0.1, 0.15) is 0 Å². The van der Waals surface area contributed by atoms with Gasteiger partial charge in [0.2, 0.25) is 5.91 Å². The molecule has 1 aromatic heterocycles. The summed E-state index contributed by atoms with van der Waals surface area (Å²) in [5.41, 5.74) is 2.21. The zero-order valence-electron chi connectivity index (χ0n) is 11.5. The van der Waals surface area contributed by atoms with Gasteiger partial charge in [-0.25, -0.2) is 0 Å². The minimum Gasteiger partial charge on any atom is -0.322 e. The molecule has 1 N–H and O–H groups in total. The molecular formula is C16H16N2O2S. The van der Waals surface area contributed by atoms with Crippen molar-refractivity contribution in [2.75, 3.05) is 16.8 Å². The maximum absolute atomic E-state index is 12.0. The van der Waals surface area contributed by atoms with Crippen molar-refractivity contribution in [2.24, 2.45) is 0 Å². The molecule has 0 bridgehead atoms. The maximum atomic E-state index is 12.0. The molecule has 108 valence electrons. The number of nitrogens with one attached hydrogen (secondary N) is 1. The Morgan fingerprint density at radius 1 is 1.24 bits per heavy atom. The first-order chi connectivity index (χ1) is 10.2. The van der Waals surface area contributed by atoms with Gasteiger partial charge in [0.05, 0.1) is 5.56 Å². The van der Waals surface area contributed by atoms with Gasteiger partial charge in [0, 0.05) is 29.7 Å². The van der Waals surface area contributed by atoms with Gasteiger partial charge in [0.15, 0.2) is 0 Å². The van der Waals surface area contributed by atoms with Crippen LogP contribution < -0.4 is 10.2 Å². The summed E-state index contributed by atoms with van der Waals surface area (Å²) in [5.74, 6) is 0.0286. The second-order valence-electron chi connectivity index (χ2n) is 5.02. The van der Waals surface area contributed by atoms with E-state index in [9.17, 15) is 9.59 Å². The van der Waals surface area contributed by atoms with Crippen LogP contribution in [0.3, 0.4) is 0 Å². The number of hydrogen-bond donors (Lipinski definition) is 1. The van der Waals surface area contributed by atoms with Gasteiger partial charge in [-0.2, -0.15) is 11.3 Å². The summed E-state index contributed by atoms with van der Waals surface area (Å²) in [4.78, 5) is 25.8.